The molecule has 0 bridgehead atoms. The summed E-state index contributed by atoms with van der Waals surface area (Å²) in [4.78, 5) is 11.3. The molecule has 0 aliphatic carbocycles. The summed E-state index contributed by atoms with van der Waals surface area (Å²) in [6, 6.07) is 5.72. The smallest absolute Gasteiger partial charge is 0.169 e. The molecule has 0 atom stereocenters. The third-order valence-electron chi connectivity index (χ3n) is 1.54. The molecule has 0 fully saturated rings. The predicted octanol–water partition coefficient (Wildman–Crippen LogP) is 1.17. The molecule has 0 saturated carbocycles. The Morgan fingerprint density at radius 2 is 1.29 bits per heavy atom. The molecule has 0 spiro atoms. The average Bonchev–Trinajstić information content (AvgIpc) is 3.10. The Morgan fingerprint density at radius 1 is 0.765 bits per heavy atom. The van der Waals surface area contributed by atoms with Crippen molar-refractivity contribution >= 4 is 12.8 Å². The van der Waals surface area contributed by atoms with E-state index >= 15 is 0 Å². The molecule has 1 aromatic heterocycles. The summed E-state index contributed by atoms with van der Waals surface area (Å²) in [5.74, 6) is 0. The van der Waals surface area contributed by atoms with Crippen LogP contribution in [0.15, 0.2) is 40.6 Å². The first-order valence-electron chi connectivity index (χ1n) is 5.05. The van der Waals surface area contributed by atoms with Crippen LogP contribution in [0.4, 0.5) is 0 Å². The minimum Gasteiger partial charge on any atom is -0.482 e. The van der Waals surface area contributed by atoms with Crippen LogP contribution in [-0.2, 0) is 9.47 Å². The minimum atomic E-state index is 0. The molecule has 0 aromatic carbocycles. The Morgan fingerprint density at radius 3 is 1.41 bits per heavy atom. The standard InChI is InChI=1S/C5H5N.2C3H5NO.Eu/c1-2-4-6-5-3-1;2*1-2-5-3-4-1;/h1-5H;2*3H,1-2H2;. The molecule has 0 saturated heterocycles. The average molecular weight is 373 g/mol. The van der Waals surface area contributed by atoms with Crippen molar-refractivity contribution in [3.63, 3.8) is 0 Å². The molecule has 3 rings (SSSR count). The molecule has 0 N–H and O–H groups in total. The molecule has 93 valence electrons. The van der Waals surface area contributed by atoms with Gasteiger partial charge >= 0.3 is 0 Å². The zero-order valence-electron chi connectivity index (χ0n) is 9.41. The van der Waals surface area contributed by atoms with E-state index < -0.39 is 0 Å². The largest absolute Gasteiger partial charge is 0.482 e. The van der Waals surface area contributed by atoms with Crippen LogP contribution in [0.25, 0.3) is 0 Å². The molecule has 1 radical (unpaired) electrons. The van der Waals surface area contributed by atoms with E-state index in [0.717, 1.165) is 26.3 Å². The normalized spacial score (nSPS) is 14.1. The molecular weight excluding hydrogens is 358 g/mol. The number of rotatable bonds is 0. The summed E-state index contributed by atoms with van der Waals surface area (Å²) in [6.45, 7) is 3.25. The van der Waals surface area contributed by atoms with Gasteiger partial charge in [0.1, 0.15) is 13.2 Å². The van der Waals surface area contributed by atoms with E-state index in [1.54, 1.807) is 12.4 Å². The van der Waals surface area contributed by atoms with Gasteiger partial charge in [0.05, 0.1) is 13.1 Å². The molecule has 1 aromatic rings. The van der Waals surface area contributed by atoms with Gasteiger partial charge < -0.3 is 9.47 Å². The Hall–Kier alpha value is -0.326. The molecule has 0 unspecified atom stereocenters. The minimum absolute atomic E-state index is 0. The number of pyridine rings is 1. The van der Waals surface area contributed by atoms with Crippen LogP contribution in [0.5, 0.6) is 0 Å². The van der Waals surface area contributed by atoms with Crippen molar-refractivity contribution in [2.24, 2.45) is 9.98 Å². The predicted molar refractivity (Wildman–Crippen MR) is 62.9 cm³/mol. The van der Waals surface area contributed by atoms with E-state index in [0.29, 0.717) is 0 Å². The second-order valence-corrected chi connectivity index (χ2v) is 2.79. The van der Waals surface area contributed by atoms with Gasteiger partial charge in [-0.3, -0.25) is 15.0 Å². The molecule has 2 aliphatic heterocycles. The number of nitrogens with zero attached hydrogens (tertiary/aromatic N) is 3. The van der Waals surface area contributed by atoms with Gasteiger partial charge in [0.2, 0.25) is 0 Å². The number of aliphatic imine (C=N–C) groups is 2. The summed E-state index contributed by atoms with van der Waals surface area (Å²) in [5.41, 5.74) is 0. The van der Waals surface area contributed by atoms with Crippen LogP contribution in [0.3, 0.4) is 0 Å². The molecule has 3 heterocycles. The fourth-order valence-corrected chi connectivity index (χ4v) is 0.840. The quantitative estimate of drug-likeness (QED) is 0.686. The van der Waals surface area contributed by atoms with Gasteiger partial charge in [-0.25, -0.2) is 0 Å². The van der Waals surface area contributed by atoms with Gasteiger partial charge in [-0.2, -0.15) is 0 Å². The van der Waals surface area contributed by atoms with Crippen molar-refractivity contribution in [2.45, 2.75) is 0 Å². The third-order valence-corrected chi connectivity index (χ3v) is 1.54. The summed E-state index contributed by atoms with van der Waals surface area (Å²) in [5, 5.41) is 0. The van der Waals surface area contributed by atoms with Crippen LogP contribution in [-0.4, -0.2) is 44.1 Å². The summed E-state index contributed by atoms with van der Waals surface area (Å²) in [6.07, 6.45) is 6.47. The van der Waals surface area contributed by atoms with Crippen molar-refractivity contribution in [1.29, 1.82) is 0 Å². The molecular formula is C11H15EuN3O2. The van der Waals surface area contributed by atoms with E-state index in [-0.39, 0.29) is 49.4 Å². The Balaban J connectivity index is 0.000000221. The van der Waals surface area contributed by atoms with Gasteiger partial charge in [0.25, 0.3) is 0 Å². The van der Waals surface area contributed by atoms with E-state index in [9.17, 15) is 0 Å². The zero-order chi connectivity index (χ0) is 11.3. The maximum Gasteiger partial charge on any atom is 0.169 e. The second kappa shape index (κ2) is 13.7. The van der Waals surface area contributed by atoms with Gasteiger partial charge in [0, 0.05) is 61.8 Å². The third kappa shape index (κ3) is 11.9. The topological polar surface area (TPSA) is 56.1 Å². The van der Waals surface area contributed by atoms with Gasteiger partial charge in [-0.1, -0.05) is 6.07 Å². The molecule has 0 amide bonds. The van der Waals surface area contributed by atoms with Gasteiger partial charge in [-0.05, 0) is 12.1 Å². The fraction of sp³-hybridized carbons (Fsp3) is 0.364. The van der Waals surface area contributed by atoms with Crippen LogP contribution >= 0.6 is 0 Å². The van der Waals surface area contributed by atoms with Gasteiger partial charge in [-0.15, -0.1) is 0 Å². The number of aromatic nitrogens is 1. The number of hydrogen-bond donors (Lipinski definition) is 0. The monoisotopic (exact) mass is 374 g/mol. The molecule has 6 heteroatoms. The fourth-order valence-electron chi connectivity index (χ4n) is 0.840. The zero-order valence-corrected chi connectivity index (χ0v) is 11.8. The SMILES string of the molecule is C1=NCCO1.C1=NCCO1.[Eu].c1ccncc1. The van der Waals surface area contributed by atoms with E-state index in [4.69, 9.17) is 0 Å². The van der Waals surface area contributed by atoms with Crippen molar-refractivity contribution in [3.8, 4) is 0 Å². The first kappa shape index (κ1) is 16.7. The van der Waals surface area contributed by atoms with E-state index in [1.165, 1.54) is 12.8 Å². The number of hydrogen-bond acceptors (Lipinski definition) is 5. The summed E-state index contributed by atoms with van der Waals surface area (Å²) in [7, 11) is 0. The van der Waals surface area contributed by atoms with Crippen molar-refractivity contribution in [3.05, 3.63) is 30.6 Å². The summed E-state index contributed by atoms with van der Waals surface area (Å²) < 4.78 is 9.31. The molecule has 2 aliphatic rings. The molecule has 5 nitrogen and oxygen atoms in total. The van der Waals surface area contributed by atoms with Crippen LogP contribution in [0, 0.1) is 49.4 Å². The Bertz CT molecular complexity index is 252. The summed E-state index contributed by atoms with van der Waals surface area (Å²) >= 11 is 0. The molecule has 17 heavy (non-hydrogen) atoms. The van der Waals surface area contributed by atoms with Crippen LogP contribution in [0.2, 0.25) is 0 Å². The second-order valence-electron chi connectivity index (χ2n) is 2.79. The van der Waals surface area contributed by atoms with Crippen LogP contribution < -0.4 is 0 Å². The first-order valence-corrected chi connectivity index (χ1v) is 5.05. The van der Waals surface area contributed by atoms with Crippen LogP contribution in [0.1, 0.15) is 0 Å². The van der Waals surface area contributed by atoms with Crippen molar-refractivity contribution < 1.29 is 58.9 Å². The Labute approximate surface area is 142 Å². The van der Waals surface area contributed by atoms with E-state index in [2.05, 4.69) is 24.4 Å². The number of ether oxygens (including phenoxy) is 2. The Kier molecular flexibility index (Phi) is 13.5. The van der Waals surface area contributed by atoms with Crippen molar-refractivity contribution in [1.82, 2.24) is 4.98 Å². The maximum absolute atomic E-state index is 4.65. The van der Waals surface area contributed by atoms with E-state index in [1.807, 2.05) is 18.2 Å². The first-order chi connectivity index (χ1) is 8.00. The van der Waals surface area contributed by atoms with Crippen molar-refractivity contribution in [2.75, 3.05) is 26.3 Å². The van der Waals surface area contributed by atoms with Gasteiger partial charge in [0.15, 0.2) is 12.8 Å². The maximum atomic E-state index is 4.65.